The second kappa shape index (κ2) is 8.90. The van der Waals surface area contributed by atoms with Crippen LogP contribution in [0.4, 0.5) is 24.5 Å². The lowest BCUT2D eigenvalue weighted by Crippen LogP contribution is -2.08. The summed E-state index contributed by atoms with van der Waals surface area (Å²) >= 11 is 0. The number of hydrogen-bond acceptors (Lipinski definition) is 3. The molecule has 1 heterocycles. The molecule has 0 spiro atoms. The van der Waals surface area contributed by atoms with E-state index in [4.69, 9.17) is 0 Å². The molecule has 34 heavy (non-hydrogen) atoms. The molecule has 0 aliphatic rings. The summed E-state index contributed by atoms with van der Waals surface area (Å²) in [4.78, 5) is 13.0. The molecule has 1 aromatic heterocycles. The van der Waals surface area contributed by atoms with E-state index < -0.39 is 11.7 Å². The van der Waals surface area contributed by atoms with E-state index in [2.05, 4.69) is 15.0 Å². The van der Waals surface area contributed by atoms with Gasteiger partial charge in [-0.2, -0.15) is 13.2 Å². The minimum absolute atomic E-state index is 0.0999. The molecule has 0 unspecified atom stereocenters. The molecule has 0 fully saturated rings. The standard InChI is InChI=1S/C28H18F3N3/c29-28(30,31)23-15-26(17-32-24-11-9-19-5-1-3-7-21(19)13-24)34-27(16-23)18-33-25-12-10-20-6-2-4-8-22(20)14-25/h1-18H. The van der Waals surface area contributed by atoms with Crippen LogP contribution in [0.3, 0.4) is 0 Å². The first kappa shape index (κ1) is 21.5. The maximum atomic E-state index is 13.5. The van der Waals surface area contributed by atoms with Gasteiger partial charge in [-0.3, -0.25) is 9.98 Å². The van der Waals surface area contributed by atoms with E-state index in [-0.39, 0.29) is 11.4 Å². The number of aliphatic imine (C=N–C) groups is 2. The molecule has 0 atom stereocenters. The van der Waals surface area contributed by atoms with Crippen molar-refractivity contribution in [2.75, 3.05) is 0 Å². The van der Waals surface area contributed by atoms with Crippen molar-refractivity contribution in [1.82, 2.24) is 4.98 Å². The molecule has 3 nitrogen and oxygen atoms in total. The average molecular weight is 453 g/mol. The van der Waals surface area contributed by atoms with Crippen LogP contribution in [0.5, 0.6) is 0 Å². The Balaban J connectivity index is 1.47. The van der Waals surface area contributed by atoms with Crippen LogP contribution in [0.25, 0.3) is 21.5 Å². The molecule has 0 saturated carbocycles. The first-order chi connectivity index (χ1) is 16.4. The molecule has 0 bridgehead atoms. The van der Waals surface area contributed by atoms with Gasteiger partial charge in [-0.25, -0.2) is 4.98 Å². The number of pyridine rings is 1. The number of hydrogen-bond donors (Lipinski definition) is 0. The highest BCUT2D eigenvalue weighted by Gasteiger charge is 2.31. The van der Waals surface area contributed by atoms with Crippen molar-refractivity contribution < 1.29 is 13.2 Å². The summed E-state index contributed by atoms with van der Waals surface area (Å²) in [5.41, 5.74) is 0.655. The predicted molar refractivity (Wildman–Crippen MR) is 132 cm³/mol. The lowest BCUT2D eigenvalue weighted by atomic mass is 10.1. The summed E-state index contributed by atoms with van der Waals surface area (Å²) in [5, 5.41) is 4.12. The van der Waals surface area contributed by atoms with E-state index in [9.17, 15) is 13.2 Å². The fourth-order valence-corrected chi connectivity index (χ4v) is 3.67. The molecule has 5 rings (SSSR count). The van der Waals surface area contributed by atoms with Gasteiger partial charge in [0.1, 0.15) is 0 Å². The zero-order valence-electron chi connectivity index (χ0n) is 17.9. The molecular formula is C28H18F3N3. The monoisotopic (exact) mass is 453 g/mol. The van der Waals surface area contributed by atoms with E-state index in [1.165, 1.54) is 12.4 Å². The minimum Gasteiger partial charge on any atom is -0.255 e. The molecule has 0 N–H and O–H groups in total. The largest absolute Gasteiger partial charge is 0.416 e. The number of fused-ring (bicyclic) bond motifs is 2. The lowest BCUT2D eigenvalue weighted by Gasteiger charge is -2.08. The van der Waals surface area contributed by atoms with Gasteiger partial charge < -0.3 is 0 Å². The van der Waals surface area contributed by atoms with Crippen molar-refractivity contribution in [1.29, 1.82) is 0 Å². The minimum atomic E-state index is -4.51. The Bertz CT molecular complexity index is 1440. The maximum absolute atomic E-state index is 13.5. The van der Waals surface area contributed by atoms with Gasteiger partial charge in [0.15, 0.2) is 0 Å². The lowest BCUT2D eigenvalue weighted by molar-refractivity contribution is -0.137. The van der Waals surface area contributed by atoms with Gasteiger partial charge in [0.05, 0.1) is 40.8 Å². The molecule has 0 saturated heterocycles. The average Bonchev–Trinajstić information content (AvgIpc) is 2.85. The molecular weight excluding hydrogens is 435 g/mol. The summed E-state index contributed by atoms with van der Waals surface area (Å²) < 4.78 is 40.5. The number of aromatic nitrogens is 1. The van der Waals surface area contributed by atoms with E-state index in [1.54, 1.807) is 0 Å². The number of benzene rings is 4. The first-order valence-corrected chi connectivity index (χ1v) is 10.6. The van der Waals surface area contributed by atoms with Gasteiger partial charge in [-0.1, -0.05) is 60.7 Å². The van der Waals surface area contributed by atoms with Crippen LogP contribution in [0.2, 0.25) is 0 Å². The third-order valence-electron chi connectivity index (χ3n) is 5.35. The van der Waals surface area contributed by atoms with Crippen molar-refractivity contribution in [2.45, 2.75) is 6.18 Å². The van der Waals surface area contributed by atoms with Crippen molar-refractivity contribution in [2.24, 2.45) is 9.98 Å². The Morgan fingerprint density at radius 2 is 1.00 bits per heavy atom. The second-order valence-corrected chi connectivity index (χ2v) is 7.78. The van der Waals surface area contributed by atoms with Crippen LogP contribution >= 0.6 is 0 Å². The zero-order valence-corrected chi connectivity index (χ0v) is 17.9. The van der Waals surface area contributed by atoms with Crippen LogP contribution in [-0.2, 0) is 6.18 Å². The van der Waals surface area contributed by atoms with E-state index in [0.29, 0.717) is 11.4 Å². The number of rotatable bonds is 4. The molecule has 166 valence electrons. The fourth-order valence-electron chi connectivity index (χ4n) is 3.67. The Kier molecular flexibility index (Phi) is 5.64. The van der Waals surface area contributed by atoms with Crippen LogP contribution < -0.4 is 0 Å². The van der Waals surface area contributed by atoms with Crippen LogP contribution in [0.1, 0.15) is 17.0 Å². The Morgan fingerprint density at radius 3 is 1.44 bits per heavy atom. The maximum Gasteiger partial charge on any atom is 0.416 e. The molecule has 0 aliphatic carbocycles. The molecule has 0 aliphatic heterocycles. The normalized spacial score (nSPS) is 12.3. The molecule has 4 aromatic carbocycles. The zero-order chi connectivity index (χ0) is 23.5. The summed E-state index contributed by atoms with van der Waals surface area (Å²) in [5.74, 6) is 0. The fraction of sp³-hybridized carbons (Fsp3) is 0.0357. The van der Waals surface area contributed by atoms with E-state index in [0.717, 1.165) is 33.7 Å². The molecule has 6 heteroatoms. The van der Waals surface area contributed by atoms with Crippen LogP contribution in [-0.4, -0.2) is 17.4 Å². The van der Waals surface area contributed by atoms with Crippen LogP contribution in [0.15, 0.2) is 107 Å². The summed E-state index contributed by atoms with van der Waals surface area (Å²) in [6.45, 7) is 0. The quantitative estimate of drug-likeness (QED) is 0.255. The van der Waals surface area contributed by atoms with E-state index >= 15 is 0 Å². The second-order valence-electron chi connectivity index (χ2n) is 7.78. The Hall–Kier alpha value is -4.32. The van der Waals surface area contributed by atoms with Gasteiger partial charge in [-0.15, -0.1) is 0 Å². The van der Waals surface area contributed by atoms with Crippen molar-refractivity contribution >= 4 is 45.3 Å². The van der Waals surface area contributed by atoms with Crippen molar-refractivity contribution in [3.8, 4) is 0 Å². The number of halogens is 3. The van der Waals surface area contributed by atoms with Gasteiger partial charge >= 0.3 is 6.18 Å². The summed E-state index contributed by atoms with van der Waals surface area (Å²) in [6.07, 6.45) is -1.83. The molecule has 5 aromatic rings. The van der Waals surface area contributed by atoms with Gasteiger partial charge in [0.2, 0.25) is 0 Å². The van der Waals surface area contributed by atoms with Gasteiger partial charge in [-0.05, 0) is 57.9 Å². The van der Waals surface area contributed by atoms with Crippen molar-refractivity contribution in [3.63, 3.8) is 0 Å². The Labute approximate surface area is 194 Å². The van der Waals surface area contributed by atoms with Gasteiger partial charge in [0.25, 0.3) is 0 Å². The highest BCUT2D eigenvalue weighted by atomic mass is 19.4. The third-order valence-corrected chi connectivity index (χ3v) is 5.35. The van der Waals surface area contributed by atoms with Crippen LogP contribution in [0, 0.1) is 0 Å². The smallest absolute Gasteiger partial charge is 0.255 e. The predicted octanol–water partition coefficient (Wildman–Crippen LogP) is 7.91. The number of alkyl halides is 3. The third kappa shape index (κ3) is 4.86. The molecule has 0 amide bonds. The SMILES string of the molecule is FC(F)(F)c1cc(C=Nc2ccc3ccccc3c2)nc(C=Nc2ccc3ccccc3c2)c1. The first-order valence-electron chi connectivity index (χ1n) is 10.6. The van der Waals surface area contributed by atoms with Gasteiger partial charge in [0, 0.05) is 0 Å². The number of nitrogens with zero attached hydrogens (tertiary/aromatic N) is 3. The van der Waals surface area contributed by atoms with Crippen molar-refractivity contribution in [3.05, 3.63) is 114 Å². The summed E-state index contributed by atoms with van der Waals surface area (Å²) in [6, 6.07) is 28.8. The highest BCUT2D eigenvalue weighted by Crippen LogP contribution is 2.30. The Morgan fingerprint density at radius 1 is 0.559 bits per heavy atom. The molecule has 0 radical (unpaired) electrons. The topological polar surface area (TPSA) is 37.6 Å². The van der Waals surface area contributed by atoms with E-state index in [1.807, 2.05) is 84.9 Å². The highest BCUT2D eigenvalue weighted by molar-refractivity contribution is 5.89. The summed E-state index contributed by atoms with van der Waals surface area (Å²) in [7, 11) is 0.